The summed E-state index contributed by atoms with van der Waals surface area (Å²) in [5.74, 6) is -1.67. The SMILES string of the molecule is CC(C)C[C@@H]1NC(=O)[C@@H](Cc2ccccc2)NC(=O)c2ccc(cc2)CN(C(=O)CCCn2cccn2)CCCCNC(=O)[C@@H](C)NC1=O. The number of nitrogens with zero attached hydrogens (tertiary/aromatic N) is 3. The molecular formula is C37H49N7O5. The van der Waals surface area contributed by atoms with Gasteiger partial charge in [0, 0.05) is 57.0 Å². The molecule has 0 saturated heterocycles. The van der Waals surface area contributed by atoms with Crippen molar-refractivity contribution >= 4 is 29.5 Å². The topological polar surface area (TPSA) is 155 Å². The van der Waals surface area contributed by atoms with Gasteiger partial charge in [-0.2, -0.15) is 5.10 Å². The normalized spacial score (nSPS) is 20.2. The Kier molecular flexibility index (Phi) is 13.9. The highest BCUT2D eigenvalue weighted by Gasteiger charge is 2.29. The van der Waals surface area contributed by atoms with Gasteiger partial charge in [-0.05, 0) is 67.9 Å². The maximum atomic E-state index is 13.7. The number of aryl methyl sites for hydroxylation is 1. The van der Waals surface area contributed by atoms with E-state index in [0.717, 1.165) is 11.1 Å². The van der Waals surface area contributed by atoms with E-state index in [1.165, 1.54) is 0 Å². The van der Waals surface area contributed by atoms with Crippen molar-refractivity contribution in [3.05, 3.63) is 89.7 Å². The second kappa shape index (κ2) is 18.5. The molecule has 3 atom stereocenters. The number of benzene rings is 2. The lowest BCUT2D eigenvalue weighted by atomic mass is 10.0. The van der Waals surface area contributed by atoms with Gasteiger partial charge in [0.15, 0.2) is 0 Å². The number of amides is 5. The summed E-state index contributed by atoms with van der Waals surface area (Å²) in [7, 11) is 0. The molecule has 0 saturated carbocycles. The van der Waals surface area contributed by atoms with Crippen molar-refractivity contribution < 1.29 is 24.0 Å². The van der Waals surface area contributed by atoms with Crippen molar-refractivity contribution in [3.63, 3.8) is 0 Å². The van der Waals surface area contributed by atoms with Crippen molar-refractivity contribution in [1.82, 2.24) is 35.9 Å². The van der Waals surface area contributed by atoms with E-state index in [9.17, 15) is 24.0 Å². The molecule has 3 heterocycles. The van der Waals surface area contributed by atoms with E-state index in [0.29, 0.717) is 63.8 Å². The van der Waals surface area contributed by atoms with E-state index < -0.39 is 35.8 Å². The molecule has 12 heteroatoms. The minimum Gasteiger partial charge on any atom is -0.354 e. The van der Waals surface area contributed by atoms with Crippen LogP contribution in [-0.2, 0) is 38.7 Å². The molecule has 0 fully saturated rings. The van der Waals surface area contributed by atoms with E-state index in [-0.39, 0.29) is 24.2 Å². The van der Waals surface area contributed by atoms with Gasteiger partial charge in [0.1, 0.15) is 18.1 Å². The van der Waals surface area contributed by atoms with E-state index in [1.807, 2.05) is 68.6 Å². The fourth-order valence-electron chi connectivity index (χ4n) is 5.70. The fraction of sp³-hybridized carbons (Fsp3) is 0.459. The summed E-state index contributed by atoms with van der Waals surface area (Å²) in [6.45, 7) is 7.37. The molecule has 49 heavy (non-hydrogen) atoms. The quantitative estimate of drug-likeness (QED) is 0.270. The molecule has 4 N–H and O–H groups in total. The van der Waals surface area contributed by atoms with Crippen LogP contribution in [0.25, 0.3) is 0 Å². The zero-order valence-electron chi connectivity index (χ0n) is 28.7. The van der Waals surface area contributed by atoms with Crippen LogP contribution in [0.5, 0.6) is 0 Å². The number of aromatic nitrogens is 2. The summed E-state index contributed by atoms with van der Waals surface area (Å²) in [6.07, 6.45) is 6.44. The molecule has 0 spiro atoms. The first-order chi connectivity index (χ1) is 23.6. The van der Waals surface area contributed by atoms with Gasteiger partial charge in [-0.3, -0.25) is 28.7 Å². The van der Waals surface area contributed by atoms with Crippen LogP contribution in [0.3, 0.4) is 0 Å². The molecule has 5 amide bonds. The van der Waals surface area contributed by atoms with Crippen LogP contribution in [0.15, 0.2) is 73.1 Å². The lowest BCUT2D eigenvalue weighted by Crippen LogP contribution is -2.57. The Balaban J connectivity index is 1.55. The Labute approximate surface area is 288 Å². The Morgan fingerprint density at radius 1 is 0.878 bits per heavy atom. The summed E-state index contributed by atoms with van der Waals surface area (Å²) in [5, 5.41) is 15.5. The predicted molar refractivity (Wildman–Crippen MR) is 186 cm³/mol. The van der Waals surface area contributed by atoms with E-state index in [1.54, 1.807) is 34.8 Å². The number of nitrogens with one attached hydrogen (secondary N) is 4. The Hall–Kier alpha value is -5.00. The molecule has 262 valence electrons. The Morgan fingerprint density at radius 3 is 2.31 bits per heavy atom. The maximum Gasteiger partial charge on any atom is 0.251 e. The molecule has 2 aliphatic heterocycles. The average molecular weight is 672 g/mol. The third-order valence-corrected chi connectivity index (χ3v) is 8.43. The van der Waals surface area contributed by atoms with Crippen LogP contribution in [-0.4, -0.2) is 75.4 Å². The molecule has 0 radical (unpaired) electrons. The number of carbonyl (C=O) groups excluding carboxylic acids is 5. The second-order valence-corrected chi connectivity index (χ2v) is 13.0. The van der Waals surface area contributed by atoms with Crippen LogP contribution in [0.1, 0.15) is 74.4 Å². The van der Waals surface area contributed by atoms with Crippen molar-refractivity contribution in [3.8, 4) is 0 Å². The monoisotopic (exact) mass is 671 g/mol. The van der Waals surface area contributed by atoms with E-state index in [2.05, 4.69) is 26.4 Å². The molecular weight excluding hydrogens is 622 g/mol. The van der Waals surface area contributed by atoms with Gasteiger partial charge >= 0.3 is 0 Å². The van der Waals surface area contributed by atoms with Crippen LogP contribution >= 0.6 is 0 Å². The van der Waals surface area contributed by atoms with E-state index >= 15 is 0 Å². The van der Waals surface area contributed by atoms with Gasteiger partial charge in [0.2, 0.25) is 23.6 Å². The Morgan fingerprint density at radius 2 is 1.61 bits per heavy atom. The van der Waals surface area contributed by atoms with E-state index in [4.69, 9.17) is 0 Å². The first-order valence-electron chi connectivity index (χ1n) is 17.2. The number of hydrogen-bond donors (Lipinski definition) is 4. The van der Waals surface area contributed by atoms with Gasteiger partial charge in [0.05, 0.1) is 0 Å². The highest BCUT2D eigenvalue weighted by molar-refractivity contribution is 5.99. The van der Waals surface area contributed by atoms with Gasteiger partial charge < -0.3 is 26.2 Å². The highest BCUT2D eigenvalue weighted by atomic mass is 16.2. The number of hydrogen-bond acceptors (Lipinski definition) is 6. The zero-order chi connectivity index (χ0) is 35.2. The largest absolute Gasteiger partial charge is 0.354 e. The summed E-state index contributed by atoms with van der Waals surface area (Å²) in [5.41, 5.74) is 2.07. The fourth-order valence-corrected chi connectivity index (χ4v) is 5.70. The number of rotatable bonds is 8. The summed E-state index contributed by atoms with van der Waals surface area (Å²) >= 11 is 0. The first-order valence-corrected chi connectivity index (χ1v) is 17.2. The third-order valence-electron chi connectivity index (χ3n) is 8.43. The summed E-state index contributed by atoms with van der Waals surface area (Å²) < 4.78 is 1.80. The van der Waals surface area contributed by atoms with Crippen molar-refractivity contribution in [2.75, 3.05) is 13.1 Å². The van der Waals surface area contributed by atoms with Gasteiger partial charge in [-0.25, -0.2) is 0 Å². The molecule has 3 aromatic rings. The molecule has 2 bridgehead atoms. The molecule has 12 nitrogen and oxygen atoms in total. The Bertz CT molecular complexity index is 1530. The van der Waals surface area contributed by atoms with Crippen molar-refractivity contribution in [2.45, 2.75) is 90.5 Å². The molecule has 0 unspecified atom stereocenters. The highest BCUT2D eigenvalue weighted by Crippen LogP contribution is 2.13. The number of carbonyl (C=O) groups is 5. The molecule has 2 aromatic carbocycles. The lowest BCUT2D eigenvalue weighted by molar-refractivity contribution is -0.132. The van der Waals surface area contributed by atoms with Crippen molar-refractivity contribution in [2.24, 2.45) is 5.92 Å². The maximum absolute atomic E-state index is 13.7. The van der Waals surface area contributed by atoms with Crippen molar-refractivity contribution in [1.29, 1.82) is 0 Å². The standard InChI is InChI=1S/C37H49N7O5/c1-26(2)23-31-36(48)40-27(3)34(46)38-18-7-8-20-43(33(45)13-9-21-44-22-10-19-39-44)25-29-14-16-30(17-15-29)35(47)41-32(37(49)42-31)24-28-11-5-4-6-12-28/h4-6,10-12,14-17,19,22,26-27,31-32H,7-9,13,18,20-21,23-25H2,1-3H3,(H,38,46)(H,40,48)(H,41,47)(H,42,49)/t27-,31+,32-/m1/s1. The number of fused-ring (bicyclic) bond motifs is 18. The first kappa shape index (κ1) is 36.8. The minimum atomic E-state index is -0.971. The van der Waals surface area contributed by atoms with Crippen LogP contribution < -0.4 is 21.3 Å². The smallest absolute Gasteiger partial charge is 0.251 e. The zero-order valence-corrected chi connectivity index (χ0v) is 28.7. The van der Waals surface area contributed by atoms with Crippen LogP contribution in [0, 0.1) is 5.92 Å². The predicted octanol–water partition coefficient (Wildman–Crippen LogP) is 2.98. The molecule has 2 aliphatic rings. The summed E-state index contributed by atoms with van der Waals surface area (Å²) in [6, 6.07) is 15.5. The second-order valence-electron chi connectivity index (χ2n) is 13.0. The van der Waals surface area contributed by atoms with Gasteiger partial charge in [0.25, 0.3) is 5.91 Å². The van der Waals surface area contributed by atoms with Gasteiger partial charge in [-0.15, -0.1) is 0 Å². The van der Waals surface area contributed by atoms with Crippen LogP contribution in [0.4, 0.5) is 0 Å². The third kappa shape index (κ3) is 11.9. The molecule has 5 rings (SSSR count). The minimum absolute atomic E-state index is 0.0125. The molecule has 1 aromatic heterocycles. The molecule has 0 aliphatic carbocycles. The lowest BCUT2D eigenvalue weighted by Gasteiger charge is -2.25. The van der Waals surface area contributed by atoms with Gasteiger partial charge in [-0.1, -0.05) is 56.3 Å². The average Bonchev–Trinajstić information content (AvgIpc) is 3.60. The summed E-state index contributed by atoms with van der Waals surface area (Å²) in [4.78, 5) is 68.6. The van der Waals surface area contributed by atoms with Crippen LogP contribution in [0.2, 0.25) is 0 Å².